The van der Waals surface area contributed by atoms with Crippen LogP contribution in [0.5, 0.6) is 5.75 Å². The molecule has 6 heteroatoms. The molecule has 1 aliphatic rings. The first-order valence-corrected chi connectivity index (χ1v) is 11.9. The van der Waals surface area contributed by atoms with E-state index in [4.69, 9.17) is 15.5 Å². The molecule has 0 unspecified atom stereocenters. The van der Waals surface area contributed by atoms with Crippen molar-refractivity contribution in [2.45, 2.75) is 26.1 Å². The zero-order valence-electron chi connectivity index (χ0n) is 19.4. The Labute approximate surface area is 204 Å². The predicted molar refractivity (Wildman–Crippen MR) is 139 cm³/mol. The number of hydrogen-bond donors (Lipinski definition) is 2. The van der Waals surface area contributed by atoms with Gasteiger partial charge in [-0.2, -0.15) is 0 Å². The summed E-state index contributed by atoms with van der Waals surface area (Å²) in [5.74, 6) is 1.63. The highest BCUT2D eigenvalue weighted by molar-refractivity contribution is 5.84. The fraction of sp³-hybridized carbons (Fsp3) is 0.172. The van der Waals surface area contributed by atoms with E-state index in [2.05, 4.69) is 45.3 Å². The van der Waals surface area contributed by atoms with E-state index in [0.717, 1.165) is 65.7 Å². The van der Waals surface area contributed by atoms with Gasteiger partial charge in [-0.1, -0.05) is 30.3 Å². The van der Waals surface area contributed by atoms with E-state index in [0.29, 0.717) is 6.61 Å². The van der Waals surface area contributed by atoms with Crippen molar-refractivity contribution in [1.29, 1.82) is 0 Å². The minimum atomic E-state index is 0.561. The molecular weight excluding hydrogens is 434 g/mol. The van der Waals surface area contributed by atoms with Crippen LogP contribution in [0.25, 0.3) is 22.3 Å². The third-order valence-electron chi connectivity index (χ3n) is 6.57. The Kier molecular flexibility index (Phi) is 5.64. The van der Waals surface area contributed by atoms with Crippen molar-refractivity contribution in [3.8, 4) is 17.1 Å². The summed E-state index contributed by atoms with van der Waals surface area (Å²) in [6, 6.07) is 24.2. The molecule has 2 aromatic heterocycles. The fourth-order valence-corrected chi connectivity index (χ4v) is 4.62. The van der Waals surface area contributed by atoms with Crippen LogP contribution in [0.1, 0.15) is 22.4 Å². The molecule has 0 spiro atoms. The van der Waals surface area contributed by atoms with Gasteiger partial charge < -0.3 is 15.5 Å². The molecule has 6 nitrogen and oxygen atoms in total. The van der Waals surface area contributed by atoms with Crippen LogP contribution in [0.2, 0.25) is 0 Å². The first-order chi connectivity index (χ1) is 17.2. The van der Waals surface area contributed by atoms with E-state index in [-0.39, 0.29) is 0 Å². The highest BCUT2D eigenvalue weighted by Gasteiger charge is 2.20. The van der Waals surface area contributed by atoms with Gasteiger partial charge >= 0.3 is 0 Å². The van der Waals surface area contributed by atoms with Gasteiger partial charge in [0.05, 0.1) is 5.69 Å². The Bertz CT molecular complexity index is 1460. The molecule has 0 radical (unpaired) electrons. The number of aromatic amines is 1. The molecule has 0 fully saturated rings. The monoisotopic (exact) mass is 461 g/mol. The summed E-state index contributed by atoms with van der Waals surface area (Å²) in [4.78, 5) is 15.4. The maximum atomic E-state index is 6.07. The van der Waals surface area contributed by atoms with Gasteiger partial charge in [-0.25, -0.2) is 9.97 Å². The van der Waals surface area contributed by atoms with Crippen molar-refractivity contribution >= 4 is 16.6 Å². The molecule has 5 aromatic rings. The highest BCUT2D eigenvalue weighted by atomic mass is 16.5. The van der Waals surface area contributed by atoms with E-state index in [1.807, 2.05) is 54.7 Å². The maximum Gasteiger partial charge on any atom is 0.159 e. The van der Waals surface area contributed by atoms with Crippen LogP contribution in [0, 0.1) is 0 Å². The van der Waals surface area contributed by atoms with E-state index >= 15 is 0 Å². The van der Waals surface area contributed by atoms with Crippen molar-refractivity contribution < 1.29 is 4.74 Å². The Hall–Kier alpha value is -4.16. The summed E-state index contributed by atoms with van der Waals surface area (Å²) in [6.45, 7) is 3.19. The lowest BCUT2D eigenvalue weighted by Crippen LogP contribution is -2.31. The topological polar surface area (TPSA) is 80.1 Å². The van der Waals surface area contributed by atoms with Crippen LogP contribution in [-0.2, 0) is 26.1 Å². The number of nitrogen functional groups attached to an aromatic ring is 1. The van der Waals surface area contributed by atoms with Gasteiger partial charge in [0.1, 0.15) is 12.4 Å². The second kappa shape index (κ2) is 9.24. The lowest BCUT2D eigenvalue weighted by Gasteiger charge is -2.27. The molecule has 0 aliphatic carbocycles. The smallest absolute Gasteiger partial charge is 0.159 e. The number of benzene rings is 3. The van der Waals surface area contributed by atoms with Crippen molar-refractivity contribution in [3.63, 3.8) is 0 Å². The first kappa shape index (κ1) is 21.4. The third kappa shape index (κ3) is 4.61. The van der Waals surface area contributed by atoms with E-state index < -0.39 is 0 Å². The Morgan fingerprint density at radius 3 is 2.71 bits per heavy atom. The van der Waals surface area contributed by atoms with Crippen molar-refractivity contribution in [1.82, 2.24) is 19.9 Å². The summed E-state index contributed by atoms with van der Waals surface area (Å²) >= 11 is 0. The average molecular weight is 462 g/mol. The van der Waals surface area contributed by atoms with Crippen LogP contribution in [-0.4, -0.2) is 26.4 Å². The van der Waals surface area contributed by atoms with Gasteiger partial charge in [0.15, 0.2) is 5.82 Å². The Morgan fingerprint density at radius 2 is 1.86 bits per heavy atom. The molecule has 0 amide bonds. The van der Waals surface area contributed by atoms with E-state index in [9.17, 15) is 0 Å². The standard InChI is InChI=1S/C29H27N5O/c30-24-8-6-21(7-9-24)29-32-15-22-12-13-34(18-28(22)33-29)17-23-16-31-27-11-10-25(14-26(23)27)35-19-20-4-2-1-3-5-20/h1-11,14-16,31H,12-13,17-19,30H2. The molecule has 3 heterocycles. The van der Waals surface area contributed by atoms with Crippen LogP contribution < -0.4 is 10.5 Å². The molecule has 6 rings (SSSR count). The van der Waals surface area contributed by atoms with Gasteiger partial charge in [0.25, 0.3) is 0 Å². The number of nitrogens with two attached hydrogens (primary N) is 1. The SMILES string of the molecule is Nc1ccc(-c2ncc3c(n2)CN(Cc2c[nH]c4ccc(OCc5ccccc5)cc24)CC3)cc1. The molecule has 3 N–H and O–H groups in total. The molecule has 0 bridgehead atoms. The molecule has 174 valence electrons. The zero-order valence-corrected chi connectivity index (χ0v) is 19.4. The molecule has 0 atom stereocenters. The van der Waals surface area contributed by atoms with Gasteiger partial charge in [0, 0.05) is 54.2 Å². The van der Waals surface area contributed by atoms with Gasteiger partial charge in [-0.3, -0.25) is 4.90 Å². The van der Waals surface area contributed by atoms with Crippen LogP contribution in [0.4, 0.5) is 5.69 Å². The lowest BCUT2D eigenvalue weighted by atomic mass is 10.0. The number of hydrogen-bond acceptors (Lipinski definition) is 5. The van der Waals surface area contributed by atoms with Crippen molar-refractivity contribution in [3.05, 3.63) is 108 Å². The van der Waals surface area contributed by atoms with Crippen molar-refractivity contribution in [2.75, 3.05) is 12.3 Å². The number of nitrogens with zero attached hydrogens (tertiary/aromatic N) is 3. The third-order valence-corrected chi connectivity index (χ3v) is 6.57. The number of ether oxygens (including phenoxy) is 1. The number of nitrogens with one attached hydrogen (secondary N) is 1. The number of rotatable bonds is 6. The first-order valence-electron chi connectivity index (χ1n) is 11.9. The van der Waals surface area contributed by atoms with Crippen molar-refractivity contribution in [2.24, 2.45) is 0 Å². The highest BCUT2D eigenvalue weighted by Crippen LogP contribution is 2.28. The lowest BCUT2D eigenvalue weighted by molar-refractivity contribution is 0.242. The minimum absolute atomic E-state index is 0.561. The summed E-state index contributed by atoms with van der Waals surface area (Å²) in [5, 5.41) is 1.20. The van der Waals surface area contributed by atoms with Crippen LogP contribution >= 0.6 is 0 Å². The number of H-pyrrole nitrogens is 1. The summed E-state index contributed by atoms with van der Waals surface area (Å²) in [7, 11) is 0. The molecule has 1 aliphatic heterocycles. The van der Waals surface area contributed by atoms with E-state index in [1.165, 1.54) is 16.5 Å². The molecule has 3 aromatic carbocycles. The second-order valence-corrected chi connectivity index (χ2v) is 9.04. The zero-order chi connectivity index (χ0) is 23.6. The van der Waals surface area contributed by atoms with Crippen LogP contribution in [0.3, 0.4) is 0 Å². The predicted octanol–water partition coefficient (Wildman–Crippen LogP) is 5.34. The average Bonchev–Trinajstić information content (AvgIpc) is 3.30. The fourth-order valence-electron chi connectivity index (χ4n) is 4.62. The number of fused-ring (bicyclic) bond motifs is 2. The number of anilines is 1. The summed E-state index contributed by atoms with van der Waals surface area (Å²) in [6.07, 6.45) is 5.04. The normalized spacial score (nSPS) is 13.6. The Balaban J connectivity index is 1.19. The summed E-state index contributed by atoms with van der Waals surface area (Å²) < 4.78 is 6.07. The number of aromatic nitrogens is 3. The molecule has 35 heavy (non-hydrogen) atoms. The molecular formula is C29H27N5O. The largest absolute Gasteiger partial charge is 0.489 e. The van der Waals surface area contributed by atoms with Gasteiger partial charge in [-0.05, 0) is 65.6 Å². The van der Waals surface area contributed by atoms with Gasteiger partial charge in [0.2, 0.25) is 0 Å². The minimum Gasteiger partial charge on any atom is -0.489 e. The van der Waals surface area contributed by atoms with Crippen LogP contribution in [0.15, 0.2) is 85.2 Å². The molecule has 0 saturated heterocycles. The van der Waals surface area contributed by atoms with Gasteiger partial charge in [-0.15, -0.1) is 0 Å². The molecule has 0 saturated carbocycles. The maximum absolute atomic E-state index is 6.07. The quantitative estimate of drug-likeness (QED) is 0.334. The summed E-state index contributed by atoms with van der Waals surface area (Å²) in [5.41, 5.74) is 13.4. The second-order valence-electron chi connectivity index (χ2n) is 9.04. The van der Waals surface area contributed by atoms with E-state index in [1.54, 1.807) is 0 Å². The Morgan fingerprint density at radius 1 is 1.00 bits per heavy atom.